The Kier molecular flexibility index (Phi) is 5.42. The molecule has 1 aliphatic heterocycles. The Morgan fingerprint density at radius 1 is 1.07 bits per heavy atom. The van der Waals surface area contributed by atoms with Gasteiger partial charge in [0.05, 0.1) is 0 Å². The normalized spacial score (nSPS) is 14.2. The van der Waals surface area contributed by atoms with Crippen molar-refractivity contribution in [3.63, 3.8) is 0 Å². The first-order chi connectivity index (χ1) is 14.2. The van der Waals surface area contributed by atoms with Gasteiger partial charge in [-0.05, 0) is 43.0 Å². The first-order valence-electron chi connectivity index (χ1n) is 9.96. The molecule has 0 spiro atoms. The molecule has 0 fully saturated rings. The van der Waals surface area contributed by atoms with Crippen LogP contribution in [0, 0.1) is 0 Å². The number of hydrogen-bond donors (Lipinski definition) is 1. The van der Waals surface area contributed by atoms with Crippen molar-refractivity contribution in [2.45, 2.75) is 32.4 Å². The third-order valence-corrected chi connectivity index (χ3v) is 5.23. The van der Waals surface area contributed by atoms with Crippen molar-refractivity contribution in [2.24, 2.45) is 0 Å². The van der Waals surface area contributed by atoms with Gasteiger partial charge < -0.3 is 10.2 Å². The number of hydrogen-bond acceptors (Lipinski definition) is 3. The van der Waals surface area contributed by atoms with Crippen LogP contribution in [0.5, 0.6) is 0 Å². The van der Waals surface area contributed by atoms with Crippen molar-refractivity contribution in [1.82, 2.24) is 15.1 Å². The van der Waals surface area contributed by atoms with Crippen LogP contribution < -0.4 is 10.2 Å². The smallest absolute Gasteiger partial charge is 0.272 e. The standard InChI is InChI=1S/C23H24N4O2/c1-2-26-16-14-19(25-26)22(28)24-21(18-10-4-3-5-11-18)23(29)27-15-8-12-17-9-6-7-13-20(17)27/h3-7,9-11,13-14,16,21H,2,8,12,15H2,1H3,(H,24,28)/t21-/m1/s1. The van der Waals surface area contributed by atoms with Gasteiger partial charge in [0.2, 0.25) is 0 Å². The SMILES string of the molecule is CCn1ccc(C(=O)N[C@@H](C(=O)N2CCCc3ccccc32)c2ccccc2)n1. The summed E-state index contributed by atoms with van der Waals surface area (Å²) in [5, 5.41) is 7.17. The lowest BCUT2D eigenvalue weighted by atomic mass is 9.99. The number of aryl methyl sites for hydroxylation is 2. The van der Waals surface area contributed by atoms with Crippen LogP contribution >= 0.6 is 0 Å². The van der Waals surface area contributed by atoms with E-state index in [0.29, 0.717) is 18.8 Å². The molecule has 6 heteroatoms. The summed E-state index contributed by atoms with van der Waals surface area (Å²) >= 11 is 0. The topological polar surface area (TPSA) is 67.2 Å². The third-order valence-electron chi connectivity index (χ3n) is 5.23. The molecule has 2 amide bonds. The number of rotatable bonds is 5. The molecule has 1 N–H and O–H groups in total. The van der Waals surface area contributed by atoms with E-state index in [4.69, 9.17) is 0 Å². The van der Waals surface area contributed by atoms with Gasteiger partial charge in [0, 0.05) is 25.0 Å². The molecule has 0 unspecified atom stereocenters. The van der Waals surface area contributed by atoms with E-state index in [1.807, 2.05) is 55.5 Å². The van der Waals surface area contributed by atoms with E-state index in [9.17, 15) is 9.59 Å². The van der Waals surface area contributed by atoms with E-state index < -0.39 is 6.04 Å². The van der Waals surface area contributed by atoms with Gasteiger partial charge in [-0.3, -0.25) is 14.3 Å². The largest absolute Gasteiger partial charge is 0.335 e. The highest BCUT2D eigenvalue weighted by Gasteiger charge is 2.31. The molecule has 1 atom stereocenters. The predicted octanol–water partition coefficient (Wildman–Crippen LogP) is 3.35. The molecule has 0 saturated heterocycles. The Bertz CT molecular complexity index is 1010. The van der Waals surface area contributed by atoms with E-state index in [-0.39, 0.29) is 11.8 Å². The van der Waals surface area contributed by atoms with Gasteiger partial charge >= 0.3 is 0 Å². The number of para-hydroxylation sites is 1. The number of nitrogens with one attached hydrogen (secondary N) is 1. The molecular formula is C23H24N4O2. The molecule has 1 aromatic heterocycles. The number of aromatic nitrogens is 2. The summed E-state index contributed by atoms with van der Waals surface area (Å²) in [7, 11) is 0. The van der Waals surface area contributed by atoms with E-state index in [2.05, 4.69) is 16.5 Å². The van der Waals surface area contributed by atoms with Crippen LogP contribution in [0.2, 0.25) is 0 Å². The minimum Gasteiger partial charge on any atom is -0.335 e. The number of nitrogens with zero attached hydrogens (tertiary/aromatic N) is 3. The molecule has 2 heterocycles. The van der Waals surface area contributed by atoms with Crippen molar-refractivity contribution in [3.8, 4) is 0 Å². The van der Waals surface area contributed by atoms with Gasteiger partial charge in [-0.1, -0.05) is 48.5 Å². The van der Waals surface area contributed by atoms with Crippen LogP contribution in [0.1, 0.15) is 41.0 Å². The zero-order valence-electron chi connectivity index (χ0n) is 16.4. The minimum absolute atomic E-state index is 0.133. The summed E-state index contributed by atoms with van der Waals surface area (Å²) in [5.74, 6) is -0.490. The van der Waals surface area contributed by atoms with Gasteiger partial charge in [0.15, 0.2) is 0 Å². The molecule has 0 bridgehead atoms. The van der Waals surface area contributed by atoms with Gasteiger partial charge in [-0.2, -0.15) is 5.10 Å². The predicted molar refractivity (Wildman–Crippen MR) is 112 cm³/mol. The van der Waals surface area contributed by atoms with Gasteiger partial charge in [-0.25, -0.2) is 0 Å². The molecule has 29 heavy (non-hydrogen) atoms. The number of fused-ring (bicyclic) bond motifs is 1. The van der Waals surface area contributed by atoms with Crippen LogP contribution in [0.25, 0.3) is 0 Å². The molecular weight excluding hydrogens is 364 g/mol. The number of benzene rings is 2. The summed E-state index contributed by atoms with van der Waals surface area (Å²) in [5.41, 5.74) is 3.14. The number of amides is 2. The van der Waals surface area contributed by atoms with Crippen LogP contribution in [-0.4, -0.2) is 28.1 Å². The van der Waals surface area contributed by atoms with Crippen molar-refractivity contribution in [1.29, 1.82) is 0 Å². The third kappa shape index (κ3) is 3.92. The fourth-order valence-electron chi connectivity index (χ4n) is 3.72. The molecule has 148 valence electrons. The zero-order chi connectivity index (χ0) is 20.2. The number of carbonyl (C=O) groups is 2. The lowest BCUT2D eigenvalue weighted by Crippen LogP contribution is -2.45. The summed E-state index contributed by atoms with van der Waals surface area (Å²) in [6.45, 7) is 3.27. The van der Waals surface area contributed by atoms with Gasteiger partial charge in [0.25, 0.3) is 11.8 Å². The Balaban J connectivity index is 1.65. The molecule has 0 radical (unpaired) electrons. The Labute approximate surface area is 170 Å². The fraction of sp³-hybridized carbons (Fsp3) is 0.261. The van der Waals surface area contributed by atoms with Crippen molar-refractivity contribution < 1.29 is 9.59 Å². The van der Waals surface area contributed by atoms with Crippen molar-refractivity contribution >= 4 is 17.5 Å². The monoisotopic (exact) mass is 388 g/mol. The maximum atomic E-state index is 13.6. The quantitative estimate of drug-likeness (QED) is 0.729. The van der Waals surface area contributed by atoms with Crippen molar-refractivity contribution in [2.75, 3.05) is 11.4 Å². The van der Waals surface area contributed by atoms with Gasteiger partial charge in [-0.15, -0.1) is 0 Å². The van der Waals surface area contributed by atoms with E-state index in [1.54, 1.807) is 21.8 Å². The second kappa shape index (κ2) is 8.31. The average Bonchev–Trinajstić information content (AvgIpc) is 3.26. The van der Waals surface area contributed by atoms with Crippen LogP contribution in [0.4, 0.5) is 5.69 Å². The Hall–Kier alpha value is -3.41. The molecule has 0 aliphatic carbocycles. The second-order valence-corrected chi connectivity index (χ2v) is 7.10. The molecule has 1 aliphatic rings. The lowest BCUT2D eigenvalue weighted by Gasteiger charge is -2.32. The van der Waals surface area contributed by atoms with Crippen LogP contribution in [0.15, 0.2) is 66.9 Å². The minimum atomic E-state index is -0.776. The summed E-state index contributed by atoms with van der Waals surface area (Å²) in [4.78, 5) is 28.2. The molecule has 3 aromatic rings. The first-order valence-corrected chi connectivity index (χ1v) is 9.96. The lowest BCUT2D eigenvalue weighted by molar-refractivity contribution is -0.120. The van der Waals surface area contributed by atoms with E-state index in [0.717, 1.165) is 29.7 Å². The molecule has 0 saturated carbocycles. The molecule has 6 nitrogen and oxygen atoms in total. The Morgan fingerprint density at radius 2 is 1.83 bits per heavy atom. The molecule has 2 aromatic carbocycles. The van der Waals surface area contributed by atoms with Crippen LogP contribution in [-0.2, 0) is 17.8 Å². The summed E-state index contributed by atoms with van der Waals surface area (Å²) in [6.07, 6.45) is 3.62. The fourth-order valence-corrected chi connectivity index (χ4v) is 3.72. The average molecular weight is 388 g/mol. The highest BCUT2D eigenvalue weighted by atomic mass is 16.2. The van der Waals surface area contributed by atoms with E-state index in [1.165, 1.54) is 0 Å². The second-order valence-electron chi connectivity index (χ2n) is 7.10. The van der Waals surface area contributed by atoms with Gasteiger partial charge in [0.1, 0.15) is 11.7 Å². The maximum absolute atomic E-state index is 13.6. The number of anilines is 1. The highest BCUT2D eigenvalue weighted by Crippen LogP contribution is 2.29. The summed E-state index contributed by atoms with van der Waals surface area (Å²) in [6, 6.07) is 18.2. The first kappa shape index (κ1) is 18.9. The highest BCUT2D eigenvalue weighted by molar-refractivity contribution is 6.02. The zero-order valence-corrected chi connectivity index (χ0v) is 16.4. The Morgan fingerprint density at radius 3 is 2.59 bits per heavy atom. The van der Waals surface area contributed by atoms with Crippen molar-refractivity contribution in [3.05, 3.63) is 83.7 Å². The van der Waals surface area contributed by atoms with E-state index >= 15 is 0 Å². The van der Waals surface area contributed by atoms with Crippen LogP contribution in [0.3, 0.4) is 0 Å². The number of carbonyl (C=O) groups excluding carboxylic acids is 2. The summed E-state index contributed by atoms with van der Waals surface area (Å²) < 4.78 is 1.69. The molecule has 4 rings (SSSR count). The maximum Gasteiger partial charge on any atom is 0.272 e.